The molecule has 2 heterocycles. The van der Waals surface area contributed by atoms with Gasteiger partial charge < -0.3 is 29.7 Å². The van der Waals surface area contributed by atoms with E-state index in [0.717, 1.165) is 40.8 Å². The van der Waals surface area contributed by atoms with Crippen molar-refractivity contribution in [3.63, 3.8) is 0 Å². The first kappa shape index (κ1) is 24.4. The number of nitrogens with two attached hydrogens (primary N) is 1. The number of hydrogen-bond donors (Lipinski definition) is 1. The lowest BCUT2D eigenvalue weighted by Crippen LogP contribution is -2.39. The van der Waals surface area contributed by atoms with E-state index in [9.17, 15) is 4.79 Å². The summed E-state index contributed by atoms with van der Waals surface area (Å²) < 4.78 is 16.6. The molecule has 1 amide bonds. The molecule has 8 nitrogen and oxygen atoms in total. The molecule has 0 bridgehead atoms. The van der Waals surface area contributed by atoms with Crippen molar-refractivity contribution in [2.75, 3.05) is 51.0 Å². The van der Waals surface area contributed by atoms with Crippen LogP contribution in [0.3, 0.4) is 0 Å². The number of nitrogens with zero attached hydrogens (tertiary/aromatic N) is 3. The maximum atomic E-state index is 12.7. The van der Waals surface area contributed by atoms with Gasteiger partial charge in [-0.25, -0.2) is 9.78 Å². The van der Waals surface area contributed by atoms with E-state index >= 15 is 0 Å². The van der Waals surface area contributed by atoms with Gasteiger partial charge in [-0.15, -0.1) is 0 Å². The molecule has 4 rings (SSSR count). The molecular formula is C27H34N4O4. The van der Waals surface area contributed by atoms with Crippen molar-refractivity contribution in [1.29, 1.82) is 0 Å². The summed E-state index contributed by atoms with van der Waals surface area (Å²) in [6.07, 6.45) is 0.504. The normalized spacial score (nSPS) is 14.5. The Hall–Kier alpha value is -3.68. The first-order valence-corrected chi connectivity index (χ1v) is 11.9. The molecule has 35 heavy (non-hydrogen) atoms. The average Bonchev–Trinajstić information content (AvgIpc) is 3.09. The smallest absolute Gasteiger partial charge is 0.410 e. The van der Waals surface area contributed by atoms with Gasteiger partial charge in [0.25, 0.3) is 0 Å². The average molecular weight is 479 g/mol. The third kappa shape index (κ3) is 5.21. The lowest BCUT2D eigenvalue weighted by molar-refractivity contribution is 0.0263. The van der Waals surface area contributed by atoms with E-state index < -0.39 is 5.60 Å². The van der Waals surface area contributed by atoms with Crippen LogP contribution in [0.15, 0.2) is 42.5 Å². The fraction of sp³-hybridized carbons (Fsp3) is 0.407. The van der Waals surface area contributed by atoms with Crippen LogP contribution in [0.1, 0.15) is 27.2 Å². The van der Waals surface area contributed by atoms with Crippen LogP contribution < -0.4 is 20.1 Å². The predicted octanol–water partition coefficient (Wildman–Crippen LogP) is 4.95. The molecule has 1 fully saturated rings. The zero-order valence-electron chi connectivity index (χ0n) is 21.1. The molecule has 1 aromatic heterocycles. The molecule has 2 N–H and O–H groups in total. The van der Waals surface area contributed by atoms with E-state index in [1.165, 1.54) is 0 Å². The number of hydrogen-bond acceptors (Lipinski definition) is 7. The summed E-state index contributed by atoms with van der Waals surface area (Å²) in [4.78, 5) is 21.7. The number of rotatable bonds is 4. The summed E-state index contributed by atoms with van der Waals surface area (Å²) in [6, 6.07) is 13.8. The van der Waals surface area contributed by atoms with E-state index in [4.69, 9.17) is 24.9 Å². The van der Waals surface area contributed by atoms with Crippen molar-refractivity contribution in [3.8, 4) is 22.6 Å². The number of aromatic nitrogens is 1. The molecule has 1 saturated heterocycles. The number of carbonyl (C=O) groups is 1. The Bertz CT molecular complexity index is 1210. The number of carbonyl (C=O) groups excluding carboxylic acids is 1. The first-order valence-electron chi connectivity index (χ1n) is 11.9. The fourth-order valence-electron chi connectivity index (χ4n) is 4.36. The Labute approximate surface area is 206 Å². The highest BCUT2D eigenvalue weighted by atomic mass is 16.6. The lowest BCUT2D eigenvalue weighted by atomic mass is 10.00. The van der Waals surface area contributed by atoms with Crippen LogP contribution >= 0.6 is 0 Å². The number of anilines is 2. The Morgan fingerprint density at radius 2 is 1.66 bits per heavy atom. The van der Waals surface area contributed by atoms with Crippen LogP contribution in [0.4, 0.5) is 16.3 Å². The molecule has 1 aliphatic heterocycles. The second-order valence-corrected chi connectivity index (χ2v) is 9.62. The molecule has 0 saturated carbocycles. The van der Waals surface area contributed by atoms with Crippen LogP contribution in [0.2, 0.25) is 0 Å². The second kappa shape index (κ2) is 9.90. The van der Waals surface area contributed by atoms with Crippen LogP contribution in [0.5, 0.6) is 11.5 Å². The van der Waals surface area contributed by atoms with Gasteiger partial charge in [-0.3, -0.25) is 0 Å². The molecular weight excluding hydrogens is 444 g/mol. The van der Waals surface area contributed by atoms with Gasteiger partial charge in [-0.2, -0.15) is 0 Å². The van der Waals surface area contributed by atoms with E-state index in [-0.39, 0.29) is 6.09 Å². The van der Waals surface area contributed by atoms with Crippen molar-refractivity contribution in [2.24, 2.45) is 0 Å². The Balaban J connectivity index is 1.78. The summed E-state index contributed by atoms with van der Waals surface area (Å²) in [5.74, 6) is 1.99. The summed E-state index contributed by atoms with van der Waals surface area (Å²) in [7, 11) is 3.21. The van der Waals surface area contributed by atoms with Gasteiger partial charge in [0.05, 0.1) is 25.4 Å². The molecule has 3 aromatic rings. The Kier molecular flexibility index (Phi) is 6.91. The SMILES string of the molecule is COc1cc2nc(N3CCCN(C(=O)OC(C)(C)C)CC3)c(-c3ccccc3)c(N)c2cc1OC. The van der Waals surface area contributed by atoms with Gasteiger partial charge in [0.2, 0.25) is 0 Å². The standard InChI is InChI=1S/C27H34N4O4/c1-27(2,3)35-26(32)31-13-9-12-30(14-15-31)25-23(18-10-7-6-8-11-18)24(28)19-16-21(33-4)22(34-5)17-20(19)29-25/h6-8,10-11,16-17H,9,12-15H2,1-5H3,(H2,28,29). The molecule has 0 radical (unpaired) electrons. The minimum Gasteiger partial charge on any atom is -0.493 e. The van der Waals surface area contributed by atoms with Gasteiger partial charge in [-0.05, 0) is 38.8 Å². The molecule has 0 spiro atoms. The van der Waals surface area contributed by atoms with Gasteiger partial charge in [-0.1, -0.05) is 30.3 Å². The van der Waals surface area contributed by atoms with Crippen molar-refractivity contribution >= 4 is 28.5 Å². The van der Waals surface area contributed by atoms with Crippen LogP contribution in [0.25, 0.3) is 22.0 Å². The number of pyridine rings is 1. The minimum atomic E-state index is -0.530. The number of methoxy groups -OCH3 is 2. The van der Waals surface area contributed by atoms with Crippen molar-refractivity contribution in [3.05, 3.63) is 42.5 Å². The van der Waals surface area contributed by atoms with Gasteiger partial charge in [0.15, 0.2) is 11.5 Å². The van der Waals surface area contributed by atoms with E-state index in [1.807, 2.05) is 63.2 Å². The monoisotopic (exact) mass is 478 g/mol. The zero-order chi connectivity index (χ0) is 25.2. The Morgan fingerprint density at radius 1 is 0.971 bits per heavy atom. The quantitative estimate of drug-likeness (QED) is 0.567. The number of benzene rings is 2. The maximum absolute atomic E-state index is 12.7. The summed E-state index contributed by atoms with van der Waals surface area (Å²) in [6.45, 7) is 8.16. The Morgan fingerprint density at radius 3 is 2.31 bits per heavy atom. The third-order valence-electron chi connectivity index (χ3n) is 6.02. The molecule has 0 unspecified atom stereocenters. The largest absolute Gasteiger partial charge is 0.493 e. The fourth-order valence-corrected chi connectivity index (χ4v) is 4.36. The molecule has 8 heteroatoms. The van der Waals surface area contributed by atoms with Crippen molar-refractivity contribution in [2.45, 2.75) is 32.8 Å². The van der Waals surface area contributed by atoms with Gasteiger partial charge >= 0.3 is 6.09 Å². The summed E-state index contributed by atoms with van der Waals surface area (Å²) >= 11 is 0. The van der Waals surface area contributed by atoms with E-state index in [2.05, 4.69) is 4.90 Å². The second-order valence-electron chi connectivity index (χ2n) is 9.62. The molecule has 0 atom stereocenters. The highest BCUT2D eigenvalue weighted by Gasteiger charge is 2.27. The van der Waals surface area contributed by atoms with E-state index in [1.54, 1.807) is 19.1 Å². The third-order valence-corrected chi connectivity index (χ3v) is 6.02. The minimum absolute atomic E-state index is 0.287. The molecule has 1 aliphatic rings. The van der Waals surface area contributed by atoms with Gasteiger partial charge in [0.1, 0.15) is 11.4 Å². The molecule has 0 aliphatic carbocycles. The van der Waals surface area contributed by atoms with Gasteiger partial charge in [0, 0.05) is 43.2 Å². The highest BCUT2D eigenvalue weighted by molar-refractivity contribution is 6.04. The van der Waals surface area contributed by atoms with E-state index in [0.29, 0.717) is 36.8 Å². The summed E-state index contributed by atoms with van der Waals surface area (Å²) in [5.41, 5.74) is 9.49. The number of ether oxygens (including phenoxy) is 3. The number of amides is 1. The predicted molar refractivity (Wildman–Crippen MR) is 139 cm³/mol. The highest BCUT2D eigenvalue weighted by Crippen LogP contribution is 2.42. The van der Waals surface area contributed by atoms with Crippen LogP contribution in [0, 0.1) is 0 Å². The van der Waals surface area contributed by atoms with Crippen LogP contribution in [-0.4, -0.2) is 62.0 Å². The van der Waals surface area contributed by atoms with Crippen molar-refractivity contribution in [1.82, 2.24) is 9.88 Å². The maximum Gasteiger partial charge on any atom is 0.410 e. The number of nitrogen functional groups attached to an aromatic ring is 1. The first-order chi connectivity index (χ1) is 16.7. The zero-order valence-corrected chi connectivity index (χ0v) is 21.1. The summed E-state index contributed by atoms with van der Waals surface area (Å²) in [5, 5.41) is 0.801. The molecule has 2 aromatic carbocycles. The lowest BCUT2D eigenvalue weighted by Gasteiger charge is -2.28. The molecule has 186 valence electrons. The number of fused-ring (bicyclic) bond motifs is 1. The topological polar surface area (TPSA) is 90.2 Å². The van der Waals surface area contributed by atoms with Crippen molar-refractivity contribution < 1.29 is 19.0 Å². The van der Waals surface area contributed by atoms with Crippen LogP contribution in [-0.2, 0) is 4.74 Å².